The van der Waals surface area contributed by atoms with E-state index < -0.39 is 12.3 Å². The Morgan fingerprint density at radius 3 is 2.56 bits per heavy atom. The van der Waals surface area contributed by atoms with Crippen molar-refractivity contribution < 1.29 is 14.3 Å². The molecule has 1 aliphatic rings. The van der Waals surface area contributed by atoms with E-state index in [1.807, 2.05) is 13.8 Å². The second-order valence-corrected chi connectivity index (χ2v) is 10.9. The summed E-state index contributed by atoms with van der Waals surface area (Å²) < 4.78 is 16.5. The molecule has 34 heavy (non-hydrogen) atoms. The van der Waals surface area contributed by atoms with Crippen LogP contribution in [0.5, 0.6) is 0 Å². The number of nitrogens with one attached hydrogen (secondary N) is 1. The Bertz CT molecular complexity index is 1460. The van der Waals surface area contributed by atoms with Crippen LogP contribution in [-0.4, -0.2) is 47.7 Å². The normalized spacial score (nSPS) is 22.0. The van der Waals surface area contributed by atoms with Crippen molar-refractivity contribution in [3.05, 3.63) is 20.3 Å². The fourth-order valence-electron chi connectivity index (χ4n) is 3.73. The maximum Gasteiger partial charge on any atom is 0.303 e. The highest BCUT2D eigenvalue weighted by atomic mass is 32.2. The molecule has 4 atom stereocenters. The Balaban J connectivity index is 0.000000207. The maximum atomic E-state index is 11.5. The number of aromatic nitrogens is 6. The number of hydrogen-bond donors (Lipinski definition) is 3. The lowest BCUT2D eigenvalue weighted by molar-refractivity contribution is -0.153. The lowest BCUT2D eigenvalue weighted by Gasteiger charge is -2.22. The molecule has 4 aromatic rings. The number of carbonyl (C=O) groups excluding carboxylic acids is 1. The SMILES string of the molecule is CC[C@H]1O[C@@H](n2c(=S)sc3cnc(N)nc32)[C@H](OC(C)=O)[C@H]1C.Nc1ncc2sc(=S)[nH]c2n1. The van der Waals surface area contributed by atoms with Gasteiger partial charge in [-0.25, -0.2) is 9.97 Å². The molecule has 1 fully saturated rings. The number of esters is 1. The number of nitrogens with two attached hydrogens (primary N) is 2. The number of hydrogen-bond acceptors (Lipinski definition) is 13. The Hall–Kier alpha value is -2.59. The zero-order valence-corrected chi connectivity index (χ0v) is 21.7. The van der Waals surface area contributed by atoms with Crippen molar-refractivity contribution in [2.24, 2.45) is 5.92 Å². The largest absolute Gasteiger partial charge is 0.457 e. The number of nitrogen functional groups attached to an aromatic ring is 2. The molecular formula is C19H22N8O3S4. The molecule has 0 unspecified atom stereocenters. The van der Waals surface area contributed by atoms with Crippen LogP contribution in [0.15, 0.2) is 12.4 Å². The number of H-pyrrole nitrogens is 1. The molecule has 0 saturated carbocycles. The summed E-state index contributed by atoms with van der Waals surface area (Å²) in [7, 11) is 0. The van der Waals surface area contributed by atoms with Crippen molar-refractivity contribution >= 4 is 85.7 Å². The van der Waals surface area contributed by atoms with Gasteiger partial charge in [0.05, 0.1) is 27.9 Å². The molecule has 15 heteroatoms. The number of thiazole rings is 2. The van der Waals surface area contributed by atoms with Gasteiger partial charge in [-0.15, -0.1) is 22.7 Å². The first kappa shape index (κ1) is 24.5. The van der Waals surface area contributed by atoms with E-state index in [4.69, 9.17) is 45.4 Å². The third-order valence-electron chi connectivity index (χ3n) is 5.23. The van der Waals surface area contributed by atoms with Crippen LogP contribution < -0.4 is 11.5 Å². The van der Waals surface area contributed by atoms with Gasteiger partial charge in [0.2, 0.25) is 11.9 Å². The van der Waals surface area contributed by atoms with Crippen molar-refractivity contribution in [1.82, 2.24) is 29.5 Å². The van der Waals surface area contributed by atoms with Gasteiger partial charge in [0.25, 0.3) is 0 Å². The molecule has 5 rings (SSSR count). The van der Waals surface area contributed by atoms with Crippen LogP contribution >= 0.6 is 47.1 Å². The van der Waals surface area contributed by atoms with E-state index in [0.717, 1.165) is 15.8 Å². The summed E-state index contributed by atoms with van der Waals surface area (Å²) in [5.41, 5.74) is 12.4. The van der Waals surface area contributed by atoms with Gasteiger partial charge in [0, 0.05) is 12.8 Å². The Labute approximate surface area is 212 Å². The summed E-state index contributed by atoms with van der Waals surface area (Å²) in [4.78, 5) is 30.5. The van der Waals surface area contributed by atoms with Crippen LogP contribution in [0.3, 0.4) is 0 Å². The van der Waals surface area contributed by atoms with Crippen LogP contribution in [0.2, 0.25) is 0 Å². The Morgan fingerprint density at radius 1 is 1.21 bits per heavy atom. The molecule has 0 spiro atoms. The molecule has 0 aliphatic carbocycles. The molecule has 1 saturated heterocycles. The fourth-order valence-corrected chi connectivity index (χ4v) is 6.02. The lowest BCUT2D eigenvalue weighted by atomic mass is 9.98. The molecule has 11 nitrogen and oxygen atoms in total. The first-order chi connectivity index (χ1) is 16.2. The van der Waals surface area contributed by atoms with E-state index in [1.165, 1.54) is 29.6 Å². The molecule has 180 valence electrons. The van der Waals surface area contributed by atoms with E-state index in [2.05, 4.69) is 24.9 Å². The molecule has 0 amide bonds. The third kappa shape index (κ3) is 4.93. The van der Waals surface area contributed by atoms with Crippen molar-refractivity contribution in [2.45, 2.75) is 45.6 Å². The Kier molecular flexibility index (Phi) is 7.18. The number of anilines is 2. The van der Waals surface area contributed by atoms with E-state index in [9.17, 15) is 4.79 Å². The monoisotopic (exact) mass is 538 g/mol. The molecule has 4 aromatic heterocycles. The predicted molar refractivity (Wildman–Crippen MR) is 137 cm³/mol. The number of nitrogens with zero attached hydrogens (tertiary/aromatic N) is 5. The van der Waals surface area contributed by atoms with E-state index in [-0.39, 0.29) is 29.9 Å². The van der Waals surface area contributed by atoms with Crippen LogP contribution in [0.25, 0.3) is 20.7 Å². The summed E-state index contributed by atoms with van der Waals surface area (Å²) in [5.74, 6) is 0.153. The van der Waals surface area contributed by atoms with Crippen LogP contribution in [0.4, 0.5) is 11.9 Å². The van der Waals surface area contributed by atoms with Gasteiger partial charge in [0.15, 0.2) is 31.5 Å². The molecular weight excluding hydrogens is 517 g/mol. The summed E-state index contributed by atoms with van der Waals surface area (Å²) in [5, 5.41) is 0. The van der Waals surface area contributed by atoms with Crippen molar-refractivity contribution in [3.8, 4) is 0 Å². The van der Waals surface area contributed by atoms with Gasteiger partial charge in [-0.1, -0.05) is 13.8 Å². The number of carbonyl (C=O) groups is 1. The van der Waals surface area contributed by atoms with Crippen molar-refractivity contribution in [3.63, 3.8) is 0 Å². The summed E-state index contributed by atoms with van der Waals surface area (Å²) in [6, 6.07) is 0. The minimum atomic E-state index is -0.505. The second kappa shape index (κ2) is 9.95. The minimum absolute atomic E-state index is 0.0135. The molecule has 0 aromatic carbocycles. The van der Waals surface area contributed by atoms with E-state index in [0.29, 0.717) is 19.2 Å². The van der Waals surface area contributed by atoms with Gasteiger partial charge < -0.3 is 25.9 Å². The highest BCUT2D eigenvalue weighted by Crippen LogP contribution is 2.40. The average molecular weight is 539 g/mol. The first-order valence-electron chi connectivity index (χ1n) is 10.3. The van der Waals surface area contributed by atoms with Crippen molar-refractivity contribution in [2.75, 3.05) is 11.5 Å². The number of rotatable bonds is 3. The topological polar surface area (TPSA) is 160 Å². The predicted octanol–water partition coefficient (Wildman–Crippen LogP) is 4.01. The summed E-state index contributed by atoms with van der Waals surface area (Å²) in [6.45, 7) is 5.46. The molecule has 5 N–H and O–H groups in total. The van der Waals surface area contributed by atoms with E-state index >= 15 is 0 Å². The van der Waals surface area contributed by atoms with Crippen molar-refractivity contribution in [1.29, 1.82) is 0 Å². The van der Waals surface area contributed by atoms with Crippen LogP contribution in [0, 0.1) is 13.8 Å². The molecule has 1 aliphatic heterocycles. The fraction of sp³-hybridized carbons (Fsp3) is 0.421. The summed E-state index contributed by atoms with van der Waals surface area (Å²) >= 11 is 13.2. The average Bonchev–Trinajstić information content (AvgIpc) is 3.40. The third-order valence-corrected chi connectivity index (χ3v) is 7.72. The number of aromatic amines is 1. The highest BCUT2D eigenvalue weighted by molar-refractivity contribution is 7.74. The smallest absolute Gasteiger partial charge is 0.303 e. The van der Waals surface area contributed by atoms with Crippen LogP contribution in [-0.2, 0) is 14.3 Å². The molecule has 0 radical (unpaired) electrons. The molecule has 0 bridgehead atoms. The zero-order valence-electron chi connectivity index (χ0n) is 18.4. The Morgan fingerprint density at radius 2 is 1.88 bits per heavy atom. The summed E-state index contributed by atoms with van der Waals surface area (Å²) in [6.07, 6.45) is 3.19. The number of fused-ring (bicyclic) bond motifs is 2. The first-order valence-corrected chi connectivity index (χ1v) is 12.7. The molecule has 5 heterocycles. The lowest BCUT2D eigenvalue weighted by Crippen LogP contribution is -2.29. The van der Waals surface area contributed by atoms with Gasteiger partial charge in [-0.05, 0) is 30.9 Å². The second-order valence-electron chi connectivity index (χ2n) is 7.52. The van der Waals surface area contributed by atoms with Gasteiger partial charge in [0.1, 0.15) is 0 Å². The number of ether oxygens (including phenoxy) is 2. The van der Waals surface area contributed by atoms with Crippen LogP contribution in [0.1, 0.15) is 33.4 Å². The maximum absolute atomic E-state index is 11.5. The minimum Gasteiger partial charge on any atom is -0.457 e. The standard InChI is InChI=1S/C14H18N4O3S2.C5H4N4S2/c1-4-8-6(2)10(20-7(3)19)12(21-8)18-11-9(23-14(18)22)5-16-13(15)17-11;6-4-7-1-2-3(8-4)9-5(10)11-2/h5-6,8,10,12H,4H2,1-3H3,(H2,15,16,17);1H,(H3,6,7,8,9,10)/t6-,8+,10+,12+;/m0./s1. The quantitative estimate of drug-likeness (QED) is 0.255. The van der Waals surface area contributed by atoms with Gasteiger partial charge >= 0.3 is 5.97 Å². The van der Waals surface area contributed by atoms with E-state index in [1.54, 1.807) is 17.0 Å². The van der Waals surface area contributed by atoms with Gasteiger partial charge in [-0.3, -0.25) is 9.36 Å². The zero-order chi connectivity index (χ0) is 24.6. The van der Waals surface area contributed by atoms with Gasteiger partial charge in [-0.2, -0.15) is 9.97 Å². The highest BCUT2D eigenvalue weighted by Gasteiger charge is 2.45.